The first-order chi connectivity index (χ1) is 8.50. The van der Waals surface area contributed by atoms with Crippen LogP contribution in [0, 0.1) is 5.92 Å². The van der Waals surface area contributed by atoms with Gasteiger partial charge in [0, 0.05) is 6.20 Å². The first kappa shape index (κ1) is 14.0. The average Bonchev–Trinajstić information content (AvgIpc) is 2.34. The summed E-state index contributed by atoms with van der Waals surface area (Å²) in [5, 5.41) is 11.3. The molecule has 0 aliphatic rings. The van der Waals surface area contributed by atoms with Crippen LogP contribution in [0.25, 0.3) is 0 Å². The van der Waals surface area contributed by atoms with Crippen LogP contribution in [0.1, 0.15) is 13.8 Å². The minimum absolute atomic E-state index is 0.190. The number of rotatable bonds is 6. The molecule has 1 rings (SSSR count). The van der Waals surface area contributed by atoms with Gasteiger partial charge in [0.25, 0.3) is 5.91 Å². The van der Waals surface area contributed by atoms with E-state index in [-0.39, 0.29) is 12.5 Å². The summed E-state index contributed by atoms with van der Waals surface area (Å²) >= 11 is 0. The van der Waals surface area contributed by atoms with Gasteiger partial charge in [0.2, 0.25) is 0 Å². The van der Waals surface area contributed by atoms with Crippen LogP contribution in [0.3, 0.4) is 0 Å². The molecule has 1 atom stereocenters. The van der Waals surface area contributed by atoms with Crippen molar-refractivity contribution >= 4 is 11.9 Å². The highest BCUT2D eigenvalue weighted by atomic mass is 16.5. The molecule has 1 heterocycles. The molecule has 1 amide bonds. The lowest BCUT2D eigenvalue weighted by Crippen LogP contribution is -2.46. The van der Waals surface area contributed by atoms with Crippen molar-refractivity contribution in [3.63, 3.8) is 0 Å². The molecule has 0 unspecified atom stereocenters. The molecule has 98 valence electrons. The van der Waals surface area contributed by atoms with Crippen molar-refractivity contribution in [3.8, 4) is 5.75 Å². The maximum Gasteiger partial charge on any atom is 0.326 e. The lowest BCUT2D eigenvalue weighted by molar-refractivity contribution is -0.143. The van der Waals surface area contributed by atoms with Gasteiger partial charge in [-0.1, -0.05) is 13.8 Å². The lowest BCUT2D eigenvalue weighted by atomic mass is 10.1. The fourth-order valence-corrected chi connectivity index (χ4v) is 1.31. The second-order valence-corrected chi connectivity index (χ2v) is 4.10. The van der Waals surface area contributed by atoms with Gasteiger partial charge < -0.3 is 15.2 Å². The Morgan fingerprint density at radius 2 is 2.22 bits per heavy atom. The lowest BCUT2D eigenvalue weighted by Gasteiger charge is -2.17. The number of pyridine rings is 1. The highest BCUT2D eigenvalue weighted by molar-refractivity contribution is 5.84. The van der Waals surface area contributed by atoms with Gasteiger partial charge in [0.1, 0.15) is 11.8 Å². The standard InChI is InChI=1S/C12H16N2O4/c1-8(2)11(12(16)17)14-10(15)7-18-9-4-3-5-13-6-9/h3-6,8,11H,7H2,1-2H3,(H,14,15)(H,16,17)/t11-/m0/s1. The number of ether oxygens (including phenoxy) is 1. The maximum absolute atomic E-state index is 11.5. The van der Waals surface area contributed by atoms with Gasteiger partial charge >= 0.3 is 5.97 Å². The Kier molecular flexibility index (Phi) is 5.10. The number of aliphatic carboxylic acids is 1. The molecule has 0 saturated carbocycles. The predicted molar refractivity (Wildman–Crippen MR) is 64.1 cm³/mol. The first-order valence-corrected chi connectivity index (χ1v) is 5.55. The van der Waals surface area contributed by atoms with E-state index in [0.29, 0.717) is 5.75 Å². The molecule has 18 heavy (non-hydrogen) atoms. The minimum Gasteiger partial charge on any atom is -0.482 e. The summed E-state index contributed by atoms with van der Waals surface area (Å²) < 4.78 is 5.16. The van der Waals surface area contributed by atoms with Gasteiger partial charge in [0.05, 0.1) is 6.20 Å². The number of hydrogen-bond donors (Lipinski definition) is 2. The quantitative estimate of drug-likeness (QED) is 0.777. The van der Waals surface area contributed by atoms with Gasteiger partial charge in [0.15, 0.2) is 6.61 Å². The smallest absolute Gasteiger partial charge is 0.326 e. The van der Waals surface area contributed by atoms with Crippen molar-refractivity contribution in [2.45, 2.75) is 19.9 Å². The summed E-state index contributed by atoms with van der Waals surface area (Å²) in [5.41, 5.74) is 0. The molecule has 0 aliphatic carbocycles. The van der Waals surface area contributed by atoms with E-state index < -0.39 is 17.9 Å². The zero-order valence-corrected chi connectivity index (χ0v) is 10.3. The number of hydrogen-bond acceptors (Lipinski definition) is 4. The van der Waals surface area contributed by atoms with Crippen molar-refractivity contribution in [2.24, 2.45) is 5.92 Å². The minimum atomic E-state index is -1.06. The van der Waals surface area contributed by atoms with Gasteiger partial charge in [-0.25, -0.2) is 4.79 Å². The van der Waals surface area contributed by atoms with E-state index in [2.05, 4.69) is 10.3 Å². The molecule has 0 radical (unpaired) electrons. The third-order valence-electron chi connectivity index (χ3n) is 2.25. The van der Waals surface area contributed by atoms with E-state index >= 15 is 0 Å². The zero-order chi connectivity index (χ0) is 13.5. The van der Waals surface area contributed by atoms with Crippen LogP contribution in [-0.2, 0) is 9.59 Å². The SMILES string of the molecule is CC(C)[C@H](NC(=O)COc1cccnc1)C(=O)O. The van der Waals surface area contributed by atoms with Crippen LogP contribution in [-0.4, -0.2) is 34.6 Å². The van der Waals surface area contributed by atoms with Crippen LogP contribution in [0.15, 0.2) is 24.5 Å². The zero-order valence-electron chi connectivity index (χ0n) is 10.3. The number of carboxylic acids is 1. The van der Waals surface area contributed by atoms with E-state index in [0.717, 1.165) is 0 Å². The Morgan fingerprint density at radius 3 is 2.72 bits per heavy atom. The molecule has 1 aromatic rings. The molecule has 0 aliphatic heterocycles. The van der Waals surface area contributed by atoms with Crippen LogP contribution in [0.4, 0.5) is 0 Å². The molecular formula is C12H16N2O4. The topological polar surface area (TPSA) is 88.5 Å². The normalized spacial score (nSPS) is 11.9. The number of carbonyl (C=O) groups excluding carboxylic acids is 1. The fourth-order valence-electron chi connectivity index (χ4n) is 1.31. The Bertz CT molecular complexity index is 406. The van der Waals surface area contributed by atoms with Crippen LogP contribution in [0.2, 0.25) is 0 Å². The van der Waals surface area contributed by atoms with Gasteiger partial charge in [-0.2, -0.15) is 0 Å². The number of aromatic nitrogens is 1. The third kappa shape index (κ3) is 4.40. The number of carbonyl (C=O) groups is 2. The molecule has 0 fully saturated rings. The summed E-state index contributed by atoms with van der Waals surface area (Å²) in [6.45, 7) is 3.21. The summed E-state index contributed by atoms with van der Waals surface area (Å²) in [6, 6.07) is 2.44. The van der Waals surface area contributed by atoms with E-state index in [9.17, 15) is 9.59 Å². The molecule has 6 heteroatoms. The highest BCUT2D eigenvalue weighted by Crippen LogP contribution is 2.06. The molecule has 6 nitrogen and oxygen atoms in total. The van der Waals surface area contributed by atoms with Crippen molar-refractivity contribution in [3.05, 3.63) is 24.5 Å². The van der Waals surface area contributed by atoms with Crippen molar-refractivity contribution in [2.75, 3.05) is 6.61 Å². The van der Waals surface area contributed by atoms with Crippen LogP contribution >= 0.6 is 0 Å². The molecule has 0 aromatic carbocycles. The number of nitrogens with one attached hydrogen (secondary N) is 1. The van der Waals surface area contributed by atoms with Crippen LogP contribution in [0.5, 0.6) is 5.75 Å². The maximum atomic E-state index is 11.5. The molecule has 0 spiro atoms. The van der Waals surface area contributed by atoms with Crippen LogP contribution < -0.4 is 10.1 Å². The monoisotopic (exact) mass is 252 g/mol. The number of amides is 1. The van der Waals surface area contributed by atoms with Gasteiger partial charge in [-0.05, 0) is 18.1 Å². The Hall–Kier alpha value is -2.11. The largest absolute Gasteiger partial charge is 0.482 e. The van der Waals surface area contributed by atoms with E-state index in [1.807, 2.05) is 0 Å². The first-order valence-electron chi connectivity index (χ1n) is 5.55. The second-order valence-electron chi connectivity index (χ2n) is 4.10. The third-order valence-corrected chi connectivity index (χ3v) is 2.25. The molecule has 0 saturated heterocycles. The Morgan fingerprint density at radius 1 is 1.50 bits per heavy atom. The fraction of sp³-hybridized carbons (Fsp3) is 0.417. The summed E-state index contributed by atoms with van der Waals surface area (Å²) in [6.07, 6.45) is 3.07. The van der Waals surface area contributed by atoms with Gasteiger partial charge in [-0.3, -0.25) is 9.78 Å². The number of carboxylic acid groups (broad SMARTS) is 1. The van der Waals surface area contributed by atoms with E-state index in [4.69, 9.17) is 9.84 Å². The molecule has 2 N–H and O–H groups in total. The van der Waals surface area contributed by atoms with E-state index in [1.165, 1.54) is 6.20 Å². The summed E-state index contributed by atoms with van der Waals surface area (Å²) in [5.74, 6) is -1.26. The van der Waals surface area contributed by atoms with Crippen molar-refractivity contribution in [1.29, 1.82) is 0 Å². The van der Waals surface area contributed by atoms with Gasteiger partial charge in [-0.15, -0.1) is 0 Å². The molecule has 0 bridgehead atoms. The molecule has 1 aromatic heterocycles. The Labute approximate surface area is 105 Å². The predicted octanol–water partition coefficient (Wildman–Crippen LogP) is 0.686. The van der Waals surface area contributed by atoms with Crippen molar-refractivity contribution in [1.82, 2.24) is 10.3 Å². The second kappa shape index (κ2) is 6.58. The average molecular weight is 252 g/mol. The van der Waals surface area contributed by atoms with Crippen molar-refractivity contribution < 1.29 is 19.4 Å². The Balaban J connectivity index is 2.44. The summed E-state index contributed by atoms with van der Waals surface area (Å²) in [7, 11) is 0. The molecular weight excluding hydrogens is 236 g/mol. The van der Waals surface area contributed by atoms with E-state index in [1.54, 1.807) is 32.2 Å². The summed E-state index contributed by atoms with van der Waals surface area (Å²) in [4.78, 5) is 26.2. The number of nitrogens with zero attached hydrogens (tertiary/aromatic N) is 1. The highest BCUT2D eigenvalue weighted by Gasteiger charge is 2.23.